The van der Waals surface area contributed by atoms with Gasteiger partial charge < -0.3 is 0 Å². The van der Waals surface area contributed by atoms with Gasteiger partial charge in [-0.05, 0) is 23.7 Å². The van der Waals surface area contributed by atoms with Crippen LogP contribution in [0.4, 0.5) is 8.78 Å². The van der Waals surface area contributed by atoms with Gasteiger partial charge in [0.05, 0.1) is 11.1 Å². The summed E-state index contributed by atoms with van der Waals surface area (Å²) in [5, 5.41) is -4.02. The van der Waals surface area contributed by atoms with E-state index >= 15 is 0 Å². The standard InChI is InChI=1S/C10H4Cl3F2NO2S/c11-9(12,10(13,14)15)19-16-7(17)5-3-1-2-4-6(5)8(16)18/h1-4H. The molecule has 2 rings (SSSR count). The second-order valence-corrected chi connectivity index (χ2v) is 6.97. The fourth-order valence-electron chi connectivity index (χ4n) is 1.42. The highest BCUT2D eigenvalue weighted by Crippen LogP contribution is 2.52. The number of alkyl halides is 5. The first-order valence-corrected chi connectivity index (χ1v) is 6.67. The summed E-state index contributed by atoms with van der Waals surface area (Å²) in [7, 11) is 0. The summed E-state index contributed by atoms with van der Waals surface area (Å²) in [6, 6.07) is 5.89. The van der Waals surface area contributed by atoms with E-state index in [0.29, 0.717) is 4.31 Å². The molecular weight excluding hydrogens is 343 g/mol. The Labute approximate surface area is 125 Å². The number of hydrogen-bond acceptors (Lipinski definition) is 3. The highest BCUT2D eigenvalue weighted by molar-refractivity contribution is 8.02. The lowest BCUT2D eigenvalue weighted by molar-refractivity contribution is 0.0768. The lowest BCUT2D eigenvalue weighted by Gasteiger charge is -2.26. The van der Waals surface area contributed by atoms with Crippen LogP contribution >= 0.6 is 46.8 Å². The highest BCUT2D eigenvalue weighted by atomic mass is 35.5. The Morgan fingerprint density at radius 3 is 1.79 bits per heavy atom. The normalized spacial score (nSPS) is 15.9. The molecule has 1 heterocycles. The number of halogens is 5. The van der Waals surface area contributed by atoms with E-state index in [0.717, 1.165) is 0 Å². The SMILES string of the molecule is O=C1c2ccccc2C(=O)N1SC(Cl)(Cl)C(F)(F)Cl. The third kappa shape index (κ3) is 2.54. The average molecular weight is 347 g/mol. The molecule has 102 valence electrons. The number of rotatable bonds is 3. The van der Waals surface area contributed by atoms with Crippen molar-refractivity contribution in [3.8, 4) is 0 Å². The Hall–Kier alpha value is -0.560. The van der Waals surface area contributed by atoms with Gasteiger partial charge in [-0.25, -0.2) is 4.31 Å². The number of benzene rings is 1. The van der Waals surface area contributed by atoms with Gasteiger partial charge in [0, 0.05) is 11.9 Å². The molecule has 9 heteroatoms. The fraction of sp³-hybridized carbons (Fsp3) is 0.200. The summed E-state index contributed by atoms with van der Waals surface area (Å²) >= 11 is 15.4. The van der Waals surface area contributed by atoms with Crippen molar-refractivity contribution < 1.29 is 18.4 Å². The first-order valence-electron chi connectivity index (χ1n) is 4.76. The molecule has 0 aromatic heterocycles. The first kappa shape index (κ1) is 14.8. The quantitative estimate of drug-likeness (QED) is 0.473. The third-order valence-electron chi connectivity index (χ3n) is 2.29. The maximum atomic E-state index is 13.0. The zero-order chi connectivity index (χ0) is 14.4. The maximum Gasteiger partial charge on any atom is 0.365 e. The number of imide groups is 1. The minimum atomic E-state index is -4.02. The molecule has 0 atom stereocenters. The second-order valence-electron chi connectivity index (χ2n) is 3.56. The number of fused-ring (bicyclic) bond motifs is 1. The lowest BCUT2D eigenvalue weighted by atomic mass is 10.1. The minimum absolute atomic E-state index is 0.0276. The Balaban J connectivity index is 2.31. The molecule has 0 unspecified atom stereocenters. The molecule has 2 amide bonds. The Kier molecular flexibility index (Phi) is 3.72. The molecule has 0 bridgehead atoms. The van der Waals surface area contributed by atoms with Crippen LogP contribution in [0.1, 0.15) is 20.7 Å². The summed E-state index contributed by atoms with van der Waals surface area (Å²) in [4.78, 5) is 23.8. The number of amides is 2. The van der Waals surface area contributed by atoms with Crippen LogP contribution in [0, 0.1) is 0 Å². The van der Waals surface area contributed by atoms with Crippen LogP contribution in [0.25, 0.3) is 0 Å². The zero-order valence-electron chi connectivity index (χ0n) is 8.87. The van der Waals surface area contributed by atoms with Gasteiger partial charge >= 0.3 is 5.38 Å². The van der Waals surface area contributed by atoms with Crippen molar-refractivity contribution in [3.05, 3.63) is 35.4 Å². The molecule has 0 spiro atoms. The molecule has 0 saturated carbocycles. The van der Waals surface area contributed by atoms with Gasteiger partial charge in [0.1, 0.15) is 0 Å². The predicted octanol–water partition coefficient (Wildman–Crippen LogP) is 3.89. The van der Waals surface area contributed by atoms with Crippen molar-refractivity contribution in [1.29, 1.82) is 0 Å². The third-order valence-corrected chi connectivity index (χ3v) is 4.77. The summed E-state index contributed by atoms with van der Waals surface area (Å²) in [5.74, 6) is -1.53. The van der Waals surface area contributed by atoms with E-state index in [1.807, 2.05) is 0 Å². The summed E-state index contributed by atoms with van der Waals surface area (Å²) in [6.45, 7) is 0. The van der Waals surface area contributed by atoms with Crippen LogP contribution < -0.4 is 0 Å². The Morgan fingerprint density at radius 2 is 1.42 bits per heavy atom. The van der Waals surface area contributed by atoms with Crippen molar-refractivity contribution in [3.63, 3.8) is 0 Å². The monoisotopic (exact) mass is 345 g/mol. The minimum Gasteiger partial charge on any atom is -0.268 e. The molecule has 1 aromatic carbocycles. The van der Waals surface area contributed by atoms with Gasteiger partial charge in [-0.15, -0.1) is 0 Å². The molecule has 0 aliphatic carbocycles. The van der Waals surface area contributed by atoms with E-state index in [4.69, 9.17) is 34.8 Å². The summed E-state index contributed by atoms with van der Waals surface area (Å²) in [5.41, 5.74) is 0.198. The molecule has 1 aliphatic heterocycles. The van der Waals surface area contributed by atoms with Crippen LogP contribution in [0.15, 0.2) is 24.3 Å². The van der Waals surface area contributed by atoms with Crippen molar-refractivity contribution in [2.24, 2.45) is 0 Å². The van der Waals surface area contributed by atoms with Crippen LogP contribution in [-0.2, 0) is 0 Å². The van der Waals surface area contributed by atoms with E-state index in [1.54, 1.807) is 12.1 Å². The van der Waals surface area contributed by atoms with Crippen LogP contribution in [0.2, 0.25) is 0 Å². The van der Waals surface area contributed by atoms with E-state index in [9.17, 15) is 18.4 Å². The largest absolute Gasteiger partial charge is 0.365 e. The van der Waals surface area contributed by atoms with Crippen molar-refractivity contribution in [2.75, 3.05) is 0 Å². The Morgan fingerprint density at radius 1 is 1.00 bits per heavy atom. The van der Waals surface area contributed by atoms with Crippen molar-refractivity contribution in [2.45, 2.75) is 9.05 Å². The number of hydrogen-bond donors (Lipinski definition) is 0. The lowest BCUT2D eigenvalue weighted by Crippen LogP contribution is -2.36. The smallest absolute Gasteiger partial charge is 0.268 e. The molecule has 0 saturated heterocycles. The molecule has 0 N–H and O–H groups in total. The van der Waals surface area contributed by atoms with Gasteiger partial charge in [0.2, 0.25) is 0 Å². The fourth-order valence-corrected chi connectivity index (χ4v) is 2.63. The van der Waals surface area contributed by atoms with E-state index < -0.39 is 20.9 Å². The highest BCUT2D eigenvalue weighted by Gasteiger charge is 2.55. The predicted molar refractivity (Wildman–Crippen MR) is 69.8 cm³/mol. The van der Waals surface area contributed by atoms with Gasteiger partial charge in [0.25, 0.3) is 15.5 Å². The number of carbonyl (C=O) groups excluding carboxylic acids is 2. The summed E-state index contributed by atoms with van der Waals surface area (Å²) in [6.07, 6.45) is 0. The van der Waals surface area contributed by atoms with E-state index in [1.165, 1.54) is 12.1 Å². The van der Waals surface area contributed by atoms with Crippen LogP contribution in [-0.4, -0.2) is 25.2 Å². The second kappa shape index (κ2) is 4.77. The Bertz CT molecular complexity index is 527. The van der Waals surface area contributed by atoms with Crippen LogP contribution in [0.3, 0.4) is 0 Å². The van der Waals surface area contributed by atoms with Gasteiger partial charge in [0.15, 0.2) is 0 Å². The topological polar surface area (TPSA) is 37.4 Å². The number of carbonyl (C=O) groups is 2. The maximum absolute atomic E-state index is 13.0. The molecule has 1 aliphatic rings. The van der Waals surface area contributed by atoms with Gasteiger partial charge in [-0.2, -0.15) is 8.78 Å². The average Bonchev–Trinajstić information content (AvgIpc) is 2.54. The summed E-state index contributed by atoms with van der Waals surface area (Å²) < 4.78 is 23.6. The van der Waals surface area contributed by atoms with Gasteiger partial charge in [-0.1, -0.05) is 35.3 Å². The van der Waals surface area contributed by atoms with Crippen LogP contribution in [0.5, 0.6) is 0 Å². The zero-order valence-corrected chi connectivity index (χ0v) is 12.0. The van der Waals surface area contributed by atoms with Crippen molar-refractivity contribution >= 4 is 58.6 Å². The molecule has 19 heavy (non-hydrogen) atoms. The van der Waals surface area contributed by atoms with E-state index in [-0.39, 0.29) is 23.1 Å². The number of nitrogens with zero attached hydrogens (tertiary/aromatic N) is 1. The molecule has 1 aromatic rings. The first-order chi connectivity index (χ1) is 8.65. The van der Waals surface area contributed by atoms with Crippen molar-refractivity contribution in [1.82, 2.24) is 4.31 Å². The molecular formula is C10H4Cl3F2NO2S. The molecule has 3 nitrogen and oxygen atoms in total. The molecule has 0 fully saturated rings. The van der Waals surface area contributed by atoms with E-state index in [2.05, 4.69) is 0 Å². The van der Waals surface area contributed by atoms with Gasteiger partial charge in [-0.3, -0.25) is 9.59 Å². The molecule has 0 radical (unpaired) electrons.